The lowest BCUT2D eigenvalue weighted by atomic mass is 10.2. The Balaban J connectivity index is 0.00000162. The summed E-state index contributed by atoms with van der Waals surface area (Å²) in [5, 5.41) is 0.865. The molecule has 2 rings (SSSR count). The Bertz CT molecular complexity index is 527. The number of aromatic nitrogens is 2. The van der Waals surface area contributed by atoms with Gasteiger partial charge in [-0.05, 0) is 34.7 Å². The molecule has 0 amide bonds. The first kappa shape index (κ1) is 15.7. The fourth-order valence-corrected chi connectivity index (χ4v) is 2.53. The van der Waals surface area contributed by atoms with Crippen LogP contribution in [-0.2, 0) is 7.05 Å². The molecule has 0 unspecified atom stereocenters. The van der Waals surface area contributed by atoms with E-state index in [1.165, 1.54) is 11.8 Å². The number of hydrogen-bond acceptors (Lipinski definition) is 3. The number of benzene rings is 1. The van der Waals surface area contributed by atoms with Crippen LogP contribution in [0, 0.1) is 3.57 Å². The highest BCUT2D eigenvalue weighted by Crippen LogP contribution is 2.17. The van der Waals surface area contributed by atoms with Crippen LogP contribution in [-0.4, -0.2) is 21.1 Å². The lowest BCUT2D eigenvalue weighted by molar-refractivity contribution is -0.0000111. The highest BCUT2D eigenvalue weighted by molar-refractivity contribution is 14.1. The zero-order chi connectivity index (χ0) is 12.3. The van der Waals surface area contributed by atoms with Gasteiger partial charge in [-0.25, -0.2) is 4.98 Å². The average Bonchev–Trinajstić information content (AvgIpc) is 2.73. The minimum Gasteiger partial charge on any atom is -1.00 e. The van der Waals surface area contributed by atoms with Crippen molar-refractivity contribution < 1.29 is 21.8 Å². The molecule has 0 aliphatic carbocycles. The first-order valence-electron chi connectivity index (χ1n) is 5.05. The summed E-state index contributed by atoms with van der Waals surface area (Å²) in [5.74, 6) is 0.556. The fourth-order valence-electron chi connectivity index (χ4n) is 1.34. The molecular formula is C12H11BrIN2OS-. The number of aryl methyl sites for hydroxylation is 1. The van der Waals surface area contributed by atoms with E-state index in [0.717, 1.165) is 14.3 Å². The lowest BCUT2D eigenvalue weighted by Crippen LogP contribution is -3.00. The number of halogens is 2. The summed E-state index contributed by atoms with van der Waals surface area (Å²) in [5.41, 5.74) is 0.757. The molecule has 0 N–H and O–H groups in total. The molecule has 0 saturated carbocycles. The number of thioether (sulfide) groups is 1. The van der Waals surface area contributed by atoms with Crippen LogP contribution >= 0.6 is 34.4 Å². The van der Waals surface area contributed by atoms with Crippen molar-refractivity contribution in [1.29, 1.82) is 0 Å². The third-order valence-corrected chi connectivity index (χ3v) is 4.05. The monoisotopic (exact) mass is 437 g/mol. The molecule has 6 heteroatoms. The van der Waals surface area contributed by atoms with Crippen molar-refractivity contribution >= 4 is 40.1 Å². The molecule has 0 bridgehead atoms. The molecule has 0 aliphatic heterocycles. The van der Waals surface area contributed by atoms with Gasteiger partial charge in [0.15, 0.2) is 10.9 Å². The molecule has 0 radical (unpaired) electrons. The van der Waals surface area contributed by atoms with E-state index < -0.39 is 0 Å². The summed E-state index contributed by atoms with van der Waals surface area (Å²) in [7, 11) is 1.92. The van der Waals surface area contributed by atoms with Gasteiger partial charge in [0.25, 0.3) is 0 Å². The second-order valence-electron chi connectivity index (χ2n) is 3.54. The summed E-state index contributed by atoms with van der Waals surface area (Å²) >= 11 is 3.69. The van der Waals surface area contributed by atoms with Crippen LogP contribution in [0.1, 0.15) is 10.4 Å². The highest BCUT2D eigenvalue weighted by atomic mass is 127. The topological polar surface area (TPSA) is 34.9 Å². The van der Waals surface area contributed by atoms with Crippen molar-refractivity contribution in [3.8, 4) is 0 Å². The molecular weight excluding hydrogens is 427 g/mol. The number of carbonyl (C=O) groups is 1. The average molecular weight is 438 g/mol. The number of imidazole rings is 1. The maximum atomic E-state index is 11.9. The Morgan fingerprint density at radius 2 is 2.06 bits per heavy atom. The Labute approximate surface area is 134 Å². The SMILES string of the molecule is Cn1ccnc1SCC(=O)c1ccc(I)cc1.[Br-]. The minimum atomic E-state index is 0. The van der Waals surface area contributed by atoms with E-state index in [1.807, 2.05) is 42.1 Å². The van der Waals surface area contributed by atoms with Gasteiger partial charge in [-0.15, -0.1) is 0 Å². The lowest BCUT2D eigenvalue weighted by Gasteiger charge is -2.02. The van der Waals surface area contributed by atoms with Gasteiger partial charge in [0.2, 0.25) is 0 Å². The third kappa shape index (κ3) is 4.10. The highest BCUT2D eigenvalue weighted by Gasteiger charge is 2.08. The molecule has 0 fully saturated rings. The van der Waals surface area contributed by atoms with E-state index in [9.17, 15) is 4.79 Å². The van der Waals surface area contributed by atoms with Crippen molar-refractivity contribution in [3.05, 3.63) is 45.8 Å². The van der Waals surface area contributed by atoms with E-state index in [2.05, 4.69) is 27.6 Å². The minimum absolute atomic E-state index is 0. The molecule has 0 aliphatic rings. The second-order valence-corrected chi connectivity index (χ2v) is 5.73. The van der Waals surface area contributed by atoms with E-state index in [-0.39, 0.29) is 22.8 Å². The summed E-state index contributed by atoms with van der Waals surface area (Å²) in [6.07, 6.45) is 3.61. The predicted molar refractivity (Wildman–Crippen MR) is 77.4 cm³/mol. The molecule has 0 atom stereocenters. The van der Waals surface area contributed by atoms with Crippen LogP contribution in [0.15, 0.2) is 41.8 Å². The molecule has 3 nitrogen and oxygen atoms in total. The van der Waals surface area contributed by atoms with Crippen LogP contribution in [0.4, 0.5) is 0 Å². The maximum absolute atomic E-state index is 11.9. The quantitative estimate of drug-likeness (QED) is 0.384. The zero-order valence-electron chi connectivity index (χ0n) is 9.64. The summed E-state index contributed by atoms with van der Waals surface area (Å²) < 4.78 is 3.04. The van der Waals surface area contributed by atoms with Crippen molar-refractivity contribution in [1.82, 2.24) is 9.55 Å². The Morgan fingerprint density at radius 1 is 1.39 bits per heavy atom. The van der Waals surface area contributed by atoms with Gasteiger partial charge in [0, 0.05) is 28.6 Å². The van der Waals surface area contributed by atoms with E-state index in [1.54, 1.807) is 6.20 Å². The maximum Gasteiger partial charge on any atom is 0.173 e. The van der Waals surface area contributed by atoms with Crippen molar-refractivity contribution in [2.45, 2.75) is 5.16 Å². The number of hydrogen-bond donors (Lipinski definition) is 0. The number of ketones is 1. The van der Waals surface area contributed by atoms with E-state index >= 15 is 0 Å². The van der Waals surface area contributed by atoms with Crippen molar-refractivity contribution in [3.63, 3.8) is 0 Å². The largest absolute Gasteiger partial charge is 1.00 e. The molecule has 1 aromatic carbocycles. The summed E-state index contributed by atoms with van der Waals surface area (Å²) in [4.78, 5) is 16.1. The van der Waals surface area contributed by atoms with Crippen LogP contribution in [0.3, 0.4) is 0 Å². The normalized spacial score (nSPS) is 9.89. The molecule has 2 aromatic rings. The molecule has 1 aromatic heterocycles. The molecule has 0 spiro atoms. The van der Waals surface area contributed by atoms with Gasteiger partial charge in [-0.2, -0.15) is 0 Å². The Hall–Kier alpha value is -0.340. The van der Waals surface area contributed by atoms with E-state index in [0.29, 0.717) is 5.75 Å². The summed E-state index contributed by atoms with van der Waals surface area (Å²) in [6.45, 7) is 0. The van der Waals surface area contributed by atoms with Crippen molar-refractivity contribution in [2.75, 3.05) is 5.75 Å². The van der Waals surface area contributed by atoms with Gasteiger partial charge in [-0.1, -0.05) is 23.9 Å². The van der Waals surface area contributed by atoms with Gasteiger partial charge in [0.05, 0.1) is 5.75 Å². The Morgan fingerprint density at radius 3 is 2.61 bits per heavy atom. The van der Waals surface area contributed by atoms with Crippen LogP contribution in [0.25, 0.3) is 0 Å². The fraction of sp³-hybridized carbons (Fsp3) is 0.167. The first-order chi connectivity index (χ1) is 8.16. The van der Waals surface area contributed by atoms with Gasteiger partial charge < -0.3 is 21.5 Å². The van der Waals surface area contributed by atoms with Gasteiger partial charge in [0.1, 0.15) is 0 Å². The Kier molecular flexibility index (Phi) is 6.37. The van der Waals surface area contributed by atoms with Crippen molar-refractivity contribution in [2.24, 2.45) is 7.05 Å². The van der Waals surface area contributed by atoms with Crippen LogP contribution < -0.4 is 17.0 Å². The third-order valence-electron chi connectivity index (χ3n) is 2.28. The van der Waals surface area contributed by atoms with Crippen LogP contribution in [0.2, 0.25) is 0 Å². The predicted octanol–water partition coefficient (Wildman–Crippen LogP) is 0.00370. The molecule has 96 valence electrons. The number of carbonyl (C=O) groups excluding carboxylic acids is 1. The van der Waals surface area contributed by atoms with Crippen LogP contribution in [0.5, 0.6) is 0 Å². The number of nitrogens with zero attached hydrogens (tertiary/aromatic N) is 2. The number of rotatable bonds is 4. The number of Topliss-reactive ketones (excluding diaryl/α,β-unsaturated/α-hetero) is 1. The zero-order valence-corrected chi connectivity index (χ0v) is 14.2. The van der Waals surface area contributed by atoms with Gasteiger partial charge >= 0.3 is 0 Å². The van der Waals surface area contributed by atoms with Gasteiger partial charge in [-0.3, -0.25) is 4.79 Å². The smallest absolute Gasteiger partial charge is 0.173 e. The summed E-state index contributed by atoms with van der Waals surface area (Å²) in [6, 6.07) is 7.62. The molecule has 0 saturated heterocycles. The molecule has 1 heterocycles. The second kappa shape index (κ2) is 7.30. The standard InChI is InChI=1S/C12H11IN2OS.BrH/c1-15-7-6-14-12(15)17-8-11(16)9-2-4-10(13)5-3-9;/h2-7H,8H2,1H3;1H/p-1. The molecule has 18 heavy (non-hydrogen) atoms. The van der Waals surface area contributed by atoms with E-state index in [4.69, 9.17) is 0 Å². The first-order valence-corrected chi connectivity index (χ1v) is 7.12.